The summed E-state index contributed by atoms with van der Waals surface area (Å²) in [6.07, 6.45) is 4.57. The first-order valence-corrected chi connectivity index (χ1v) is 11.1. The van der Waals surface area contributed by atoms with E-state index >= 15 is 0 Å². The normalized spacial score (nSPS) is 14.0. The van der Waals surface area contributed by atoms with Crippen LogP contribution >= 0.6 is 11.3 Å². The number of rotatable bonds is 3. The van der Waals surface area contributed by atoms with E-state index in [1.54, 1.807) is 22.3 Å². The second-order valence-electron chi connectivity index (χ2n) is 8.42. The van der Waals surface area contributed by atoms with Crippen LogP contribution in [0, 0.1) is 0 Å². The van der Waals surface area contributed by atoms with E-state index in [1.165, 1.54) is 6.08 Å². The second-order valence-corrected chi connectivity index (χ2v) is 9.48. The summed E-state index contributed by atoms with van der Waals surface area (Å²) in [6.45, 7) is 6.20. The fourth-order valence-corrected chi connectivity index (χ4v) is 4.34. The first kappa shape index (κ1) is 21.1. The quantitative estimate of drug-likeness (QED) is 0.541. The SMILES string of the molecule is CC(C)(C)OC(=O)N1CCCc2cc(NC(=O)C=Cc3nc4ccccc4s3)ccc21. The Balaban J connectivity index is 1.44. The molecule has 2 aromatic carbocycles. The smallest absolute Gasteiger partial charge is 0.414 e. The van der Waals surface area contributed by atoms with E-state index in [9.17, 15) is 9.59 Å². The third-order valence-corrected chi connectivity index (χ3v) is 5.77. The highest BCUT2D eigenvalue weighted by atomic mass is 32.1. The lowest BCUT2D eigenvalue weighted by atomic mass is 10.0. The van der Waals surface area contributed by atoms with Gasteiger partial charge in [-0.05, 0) is 75.6 Å². The molecule has 0 saturated carbocycles. The number of anilines is 2. The Morgan fingerprint density at radius 3 is 2.77 bits per heavy atom. The van der Waals surface area contributed by atoms with Crippen molar-refractivity contribution in [3.63, 3.8) is 0 Å². The topological polar surface area (TPSA) is 71.5 Å². The molecule has 0 radical (unpaired) electrons. The lowest BCUT2D eigenvalue weighted by molar-refractivity contribution is -0.111. The second kappa shape index (κ2) is 8.51. The molecule has 1 aliphatic rings. The van der Waals surface area contributed by atoms with Crippen molar-refractivity contribution >= 4 is 51.0 Å². The third kappa shape index (κ3) is 5.11. The molecule has 0 saturated heterocycles. The highest BCUT2D eigenvalue weighted by Crippen LogP contribution is 2.31. The van der Waals surface area contributed by atoms with Crippen LogP contribution in [0.2, 0.25) is 0 Å². The maximum Gasteiger partial charge on any atom is 0.414 e. The molecule has 2 heterocycles. The Kier molecular flexibility index (Phi) is 5.78. The molecular formula is C24H25N3O3S. The predicted molar refractivity (Wildman–Crippen MR) is 126 cm³/mol. The molecule has 3 aromatic rings. The van der Waals surface area contributed by atoms with Crippen molar-refractivity contribution in [3.8, 4) is 0 Å². The van der Waals surface area contributed by atoms with Gasteiger partial charge >= 0.3 is 6.09 Å². The minimum Gasteiger partial charge on any atom is -0.443 e. The van der Waals surface area contributed by atoms with Gasteiger partial charge in [0, 0.05) is 18.3 Å². The van der Waals surface area contributed by atoms with Gasteiger partial charge in [-0.3, -0.25) is 9.69 Å². The van der Waals surface area contributed by atoms with Crippen LogP contribution in [-0.2, 0) is 16.0 Å². The molecule has 7 heteroatoms. The third-order valence-electron chi connectivity index (χ3n) is 4.77. The Morgan fingerprint density at radius 1 is 1.19 bits per heavy atom. The first-order chi connectivity index (χ1) is 14.8. The van der Waals surface area contributed by atoms with Crippen molar-refractivity contribution in [3.05, 3.63) is 59.1 Å². The highest BCUT2D eigenvalue weighted by Gasteiger charge is 2.27. The fourth-order valence-electron chi connectivity index (χ4n) is 3.47. The van der Waals surface area contributed by atoms with Crippen LogP contribution in [0.15, 0.2) is 48.5 Å². The summed E-state index contributed by atoms with van der Waals surface area (Å²) in [6, 6.07) is 13.5. The molecule has 2 amide bonds. The summed E-state index contributed by atoms with van der Waals surface area (Å²) in [4.78, 5) is 31.1. The van der Waals surface area contributed by atoms with Crippen LogP contribution in [-0.4, -0.2) is 29.1 Å². The van der Waals surface area contributed by atoms with E-state index in [0.717, 1.165) is 39.3 Å². The lowest BCUT2D eigenvalue weighted by Crippen LogP contribution is -2.39. The summed E-state index contributed by atoms with van der Waals surface area (Å²) >= 11 is 1.54. The molecule has 0 unspecified atom stereocenters. The van der Waals surface area contributed by atoms with Gasteiger partial charge in [0.2, 0.25) is 5.91 Å². The van der Waals surface area contributed by atoms with Crippen molar-refractivity contribution in [2.45, 2.75) is 39.2 Å². The highest BCUT2D eigenvalue weighted by molar-refractivity contribution is 7.19. The van der Waals surface area contributed by atoms with Gasteiger partial charge in [0.15, 0.2) is 0 Å². The maximum atomic E-state index is 12.5. The average Bonchev–Trinajstić information content (AvgIpc) is 3.13. The Bertz CT molecular complexity index is 1130. The number of hydrogen-bond acceptors (Lipinski definition) is 5. The van der Waals surface area contributed by atoms with Crippen LogP contribution in [0.4, 0.5) is 16.2 Å². The largest absolute Gasteiger partial charge is 0.443 e. The van der Waals surface area contributed by atoms with Crippen molar-refractivity contribution < 1.29 is 14.3 Å². The number of amides is 2. The number of nitrogens with one attached hydrogen (secondary N) is 1. The summed E-state index contributed by atoms with van der Waals surface area (Å²) in [5.41, 5.74) is 2.94. The van der Waals surface area contributed by atoms with Gasteiger partial charge in [-0.2, -0.15) is 0 Å². The zero-order valence-corrected chi connectivity index (χ0v) is 18.7. The van der Waals surface area contributed by atoms with Gasteiger partial charge in [0.05, 0.1) is 15.9 Å². The molecular weight excluding hydrogens is 410 g/mol. The molecule has 1 N–H and O–H groups in total. The van der Waals surface area contributed by atoms with Crippen molar-refractivity contribution in [1.82, 2.24) is 4.98 Å². The molecule has 0 spiro atoms. The van der Waals surface area contributed by atoms with E-state index in [4.69, 9.17) is 4.74 Å². The number of fused-ring (bicyclic) bond motifs is 2. The van der Waals surface area contributed by atoms with Crippen molar-refractivity contribution in [2.75, 3.05) is 16.8 Å². The minimum absolute atomic E-state index is 0.223. The number of carbonyl (C=O) groups excluding carboxylic acids is 2. The number of thiazole rings is 1. The standard InChI is InChI=1S/C24H25N3O3S/c1-24(2,3)30-23(29)27-14-6-7-16-15-17(10-11-19(16)27)25-21(28)12-13-22-26-18-8-4-5-9-20(18)31-22/h4-5,8-13,15H,6-7,14H2,1-3H3,(H,25,28). The number of carbonyl (C=O) groups is 2. The lowest BCUT2D eigenvalue weighted by Gasteiger charge is -2.32. The first-order valence-electron chi connectivity index (χ1n) is 10.3. The maximum absolute atomic E-state index is 12.5. The molecule has 4 rings (SSSR count). The number of ether oxygens (including phenoxy) is 1. The summed E-state index contributed by atoms with van der Waals surface area (Å²) in [5, 5.41) is 3.68. The summed E-state index contributed by atoms with van der Waals surface area (Å²) in [5.74, 6) is -0.223. The van der Waals surface area contributed by atoms with Crippen LogP contribution < -0.4 is 10.2 Å². The molecule has 0 atom stereocenters. The molecule has 1 aromatic heterocycles. The average molecular weight is 436 g/mol. The van der Waals surface area contributed by atoms with Gasteiger partial charge in [-0.15, -0.1) is 11.3 Å². The number of aromatic nitrogens is 1. The summed E-state index contributed by atoms with van der Waals surface area (Å²) < 4.78 is 6.62. The van der Waals surface area contributed by atoms with Crippen LogP contribution in [0.1, 0.15) is 37.8 Å². The molecule has 160 valence electrons. The number of aryl methyl sites for hydroxylation is 1. The van der Waals surface area contributed by atoms with Crippen molar-refractivity contribution in [1.29, 1.82) is 0 Å². The zero-order chi connectivity index (χ0) is 22.0. The minimum atomic E-state index is -0.543. The zero-order valence-electron chi connectivity index (χ0n) is 17.8. The molecule has 0 aliphatic carbocycles. The molecule has 6 nitrogen and oxygen atoms in total. The van der Waals surface area contributed by atoms with E-state index in [-0.39, 0.29) is 12.0 Å². The Hall–Kier alpha value is -3.19. The van der Waals surface area contributed by atoms with Gasteiger partial charge < -0.3 is 10.1 Å². The number of benzene rings is 2. The van der Waals surface area contributed by atoms with Gasteiger partial charge in [-0.1, -0.05) is 12.1 Å². The molecule has 31 heavy (non-hydrogen) atoms. The molecule has 1 aliphatic heterocycles. The molecule has 0 bridgehead atoms. The molecule has 0 fully saturated rings. The van der Waals surface area contributed by atoms with Gasteiger partial charge in [0.25, 0.3) is 0 Å². The van der Waals surface area contributed by atoms with E-state index in [1.807, 2.05) is 63.2 Å². The van der Waals surface area contributed by atoms with E-state index in [2.05, 4.69) is 10.3 Å². The van der Waals surface area contributed by atoms with E-state index in [0.29, 0.717) is 12.2 Å². The van der Waals surface area contributed by atoms with Crippen LogP contribution in [0.5, 0.6) is 0 Å². The Morgan fingerprint density at radius 2 is 2.00 bits per heavy atom. The number of hydrogen-bond donors (Lipinski definition) is 1. The Labute approximate surface area is 185 Å². The number of nitrogens with zero attached hydrogens (tertiary/aromatic N) is 2. The van der Waals surface area contributed by atoms with Gasteiger partial charge in [-0.25, -0.2) is 9.78 Å². The number of para-hydroxylation sites is 1. The fraction of sp³-hybridized carbons (Fsp3) is 0.292. The van der Waals surface area contributed by atoms with Crippen molar-refractivity contribution in [2.24, 2.45) is 0 Å². The predicted octanol–water partition coefficient (Wildman–Crippen LogP) is 5.64. The summed E-state index contributed by atoms with van der Waals surface area (Å²) in [7, 11) is 0. The monoisotopic (exact) mass is 435 g/mol. The van der Waals surface area contributed by atoms with Crippen LogP contribution in [0.25, 0.3) is 16.3 Å². The van der Waals surface area contributed by atoms with Gasteiger partial charge in [0.1, 0.15) is 10.6 Å². The van der Waals surface area contributed by atoms with Crippen LogP contribution in [0.3, 0.4) is 0 Å². The van der Waals surface area contributed by atoms with E-state index < -0.39 is 5.60 Å².